The largest absolute Gasteiger partial charge is 0.459 e. The molecule has 0 radical (unpaired) electrons. The summed E-state index contributed by atoms with van der Waals surface area (Å²) in [5.74, 6) is -3.19. The first-order valence-corrected chi connectivity index (χ1v) is 11.3. The third kappa shape index (κ3) is 5.25. The quantitative estimate of drug-likeness (QED) is 0.224. The molecule has 1 atom stereocenters. The maximum atomic E-state index is 12.9. The van der Waals surface area contributed by atoms with Crippen LogP contribution in [0.1, 0.15) is 67.2 Å². The van der Waals surface area contributed by atoms with Gasteiger partial charge in [0.2, 0.25) is 0 Å². The molecule has 2 aromatic carbocycles. The summed E-state index contributed by atoms with van der Waals surface area (Å²) in [6, 6.07) is 15.0. The third-order valence-corrected chi connectivity index (χ3v) is 5.59. The van der Waals surface area contributed by atoms with Crippen molar-refractivity contribution in [1.29, 1.82) is 0 Å². The Labute approximate surface area is 198 Å². The van der Waals surface area contributed by atoms with Crippen molar-refractivity contribution in [2.75, 3.05) is 0 Å². The van der Waals surface area contributed by atoms with Crippen LogP contribution in [-0.4, -0.2) is 34.1 Å². The number of Topliss-reactive ketones (excluding diaryl/α,β-unsaturated/α-hetero) is 1. The number of ether oxygens (including phenoxy) is 1. The number of amides is 1. The Balaban J connectivity index is 2.22. The number of aromatic nitrogens is 1. The summed E-state index contributed by atoms with van der Waals surface area (Å²) in [6.45, 7) is 7.67. The molecule has 0 aliphatic carbocycles. The van der Waals surface area contributed by atoms with Crippen molar-refractivity contribution in [1.82, 2.24) is 4.57 Å². The third-order valence-electron chi connectivity index (χ3n) is 5.59. The van der Waals surface area contributed by atoms with E-state index in [0.717, 1.165) is 11.1 Å². The molecule has 0 aliphatic rings. The Kier molecular flexibility index (Phi) is 7.35. The fourth-order valence-electron chi connectivity index (χ4n) is 4.17. The van der Waals surface area contributed by atoms with Crippen LogP contribution in [0.4, 0.5) is 0 Å². The van der Waals surface area contributed by atoms with E-state index in [9.17, 15) is 19.2 Å². The molecule has 1 heterocycles. The summed E-state index contributed by atoms with van der Waals surface area (Å²) in [6.07, 6.45) is 1.10. The highest BCUT2D eigenvalue weighted by Gasteiger charge is 2.29. The Morgan fingerprint density at radius 2 is 1.76 bits per heavy atom. The molecule has 178 valence electrons. The van der Waals surface area contributed by atoms with Crippen LogP contribution in [0.3, 0.4) is 0 Å². The number of benzene rings is 2. The lowest BCUT2D eigenvalue weighted by Gasteiger charge is -2.23. The number of primary amides is 1. The van der Waals surface area contributed by atoms with E-state index in [1.54, 1.807) is 32.9 Å². The zero-order valence-electron chi connectivity index (χ0n) is 20.0. The van der Waals surface area contributed by atoms with Gasteiger partial charge >= 0.3 is 5.97 Å². The van der Waals surface area contributed by atoms with Gasteiger partial charge in [-0.1, -0.05) is 43.3 Å². The number of carbonyl (C=O) groups is 4. The van der Waals surface area contributed by atoms with Gasteiger partial charge in [-0.05, 0) is 50.5 Å². The van der Waals surface area contributed by atoms with Crippen molar-refractivity contribution in [2.45, 2.75) is 58.6 Å². The van der Waals surface area contributed by atoms with Crippen molar-refractivity contribution in [2.24, 2.45) is 5.73 Å². The second kappa shape index (κ2) is 10.0. The van der Waals surface area contributed by atoms with Gasteiger partial charge in [0.1, 0.15) is 11.9 Å². The minimum Gasteiger partial charge on any atom is -0.459 e. The fourth-order valence-corrected chi connectivity index (χ4v) is 4.17. The van der Waals surface area contributed by atoms with Gasteiger partial charge in [-0.2, -0.15) is 0 Å². The molecule has 1 amide bonds. The molecule has 0 saturated heterocycles. The lowest BCUT2D eigenvalue weighted by atomic mass is 9.93. The molecule has 1 aromatic heterocycles. The lowest BCUT2D eigenvalue weighted by Crippen LogP contribution is -2.28. The molecule has 7 heteroatoms. The first-order valence-electron chi connectivity index (χ1n) is 11.3. The van der Waals surface area contributed by atoms with Crippen molar-refractivity contribution in [3.8, 4) is 0 Å². The maximum absolute atomic E-state index is 12.9. The predicted molar refractivity (Wildman–Crippen MR) is 130 cm³/mol. The van der Waals surface area contributed by atoms with Crippen LogP contribution < -0.4 is 5.73 Å². The summed E-state index contributed by atoms with van der Waals surface area (Å²) in [4.78, 5) is 49.0. The molecule has 34 heavy (non-hydrogen) atoms. The monoisotopic (exact) mass is 462 g/mol. The van der Waals surface area contributed by atoms with Crippen LogP contribution >= 0.6 is 0 Å². The molecule has 3 aromatic rings. The topological polar surface area (TPSA) is 108 Å². The number of hydrogen-bond donors (Lipinski definition) is 1. The summed E-state index contributed by atoms with van der Waals surface area (Å²) in [7, 11) is 0. The number of hydrogen-bond acceptors (Lipinski definition) is 5. The number of aldehydes is 1. The average molecular weight is 463 g/mol. The Morgan fingerprint density at radius 1 is 1.09 bits per heavy atom. The van der Waals surface area contributed by atoms with Gasteiger partial charge in [0, 0.05) is 29.6 Å². The van der Waals surface area contributed by atoms with E-state index >= 15 is 0 Å². The van der Waals surface area contributed by atoms with Gasteiger partial charge in [0.15, 0.2) is 0 Å². The van der Waals surface area contributed by atoms with Gasteiger partial charge in [-0.25, -0.2) is 0 Å². The number of nitrogens with two attached hydrogens (primary N) is 1. The van der Waals surface area contributed by atoms with Gasteiger partial charge in [-0.15, -0.1) is 0 Å². The van der Waals surface area contributed by atoms with Gasteiger partial charge in [0.25, 0.3) is 11.7 Å². The predicted octanol–water partition coefficient (Wildman–Crippen LogP) is 3.93. The SMILES string of the molecule is CCc1c(C(=O)C(N)=O)c2cc(C(CC=O)C(=O)OC(C)(C)C)ccc2n1Cc1ccccc1. The van der Waals surface area contributed by atoms with E-state index < -0.39 is 29.2 Å². The molecule has 7 nitrogen and oxygen atoms in total. The second-order valence-corrected chi connectivity index (χ2v) is 9.21. The Bertz CT molecular complexity index is 1240. The summed E-state index contributed by atoms with van der Waals surface area (Å²) in [5, 5.41) is 0.522. The number of fused-ring (bicyclic) bond motifs is 1. The van der Waals surface area contributed by atoms with E-state index in [0.29, 0.717) is 35.9 Å². The van der Waals surface area contributed by atoms with Gasteiger partial charge in [-0.3, -0.25) is 14.4 Å². The number of carbonyl (C=O) groups excluding carboxylic acids is 4. The molecule has 0 fully saturated rings. The number of nitrogens with zero attached hydrogens (tertiary/aromatic N) is 1. The molecule has 2 N–H and O–H groups in total. The first-order chi connectivity index (χ1) is 16.1. The standard InChI is InChI=1S/C27H30N2O5/c1-5-21-23(24(31)25(28)32)20-15-18(19(13-14-30)26(33)34-27(2,3)4)11-12-22(20)29(21)16-17-9-7-6-8-10-17/h6-12,14-15,19H,5,13,16H2,1-4H3,(H2,28,32). The van der Waals surface area contributed by atoms with E-state index in [-0.39, 0.29) is 12.0 Å². The average Bonchev–Trinajstić information content (AvgIpc) is 3.08. The first kappa shape index (κ1) is 24.9. The number of ketones is 1. The molecule has 1 unspecified atom stereocenters. The van der Waals surface area contributed by atoms with E-state index in [2.05, 4.69) is 0 Å². The number of rotatable bonds is 9. The van der Waals surface area contributed by atoms with Gasteiger partial charge < -0.3 is 19.8 Å². The Morgan fingerprint density at radius 3 is 2.32 bits per heavy atom. The molecule has 0 bridgehead atoms. The summed E-state index contributed by atoms with van der Waals surface area (Å²) < 4.78 is 7.51. The van der Waals surface area contributed by atoms with Crippen LogP contribution in [0.2, 0.25) is 0 Å². The smallest absolute Gasteiger partial charge is 0.314 e. The van der Waals surface area contributed by atoms with E-state index in [1.165, 1.54) is 0 Å². The van der Waals surface area contributed by atoms with Crippen molar-refractivity contribution >= 4 is 34.8 Å². The molecule has 3 rings (SSSR count). The summed E-state index contributed by atoms with van der Waals surface area (Å²) in [5.41, 5.74) is 7.89. The number of esters is 1. The highest BCUT2D eigenvalue weighted by molar-refractivity contribution is 6.45. The molecule has 0 aliphatic heterocycles. The summed E-state index contributed by atoms with van der Waals surface area (Å²) >= 11 is 0. The van der Waals surface area contributed by atoms with Crippen LogP contribution in [0.25, 0.3) is 10.9 Å². The normalized spacial score (nSPS) is 12.4. The zero-order valence-corrected chi connectivity index (χ0v) is 20.0. The zero-order chi connectivity index (χ0) is 25.0. The van der Waals surface area contributed by atoms with Crippen LogP contribution in [-0.2, 0) is 32.1 Å². The van der Waals surface area contributed by atoms with Gasteiger partial charge in [0.05, 0.1) is 11.5 Å². The van der Waals surface area contributed by atoms with Crippen LogP contribution in [0.5, 0.6) is 0 Å². The van der Waals surface area contributed by atoms with Crippen LogP contribution in [0, 0.1) is 0 Å². The molecular formula is C27H30N2O5. The molecule has 0 spiro atoms. The van der Waals surface area contributed by atoms with E-state index in [1.807, 2.05) is 47.9 Å². The fraction of sp³-hybridized carbons (Fsp3) is 0.333. The molecule has 0 saturated carbocycles. The van der Waals surface area contributed by atoms with Crippen molar-refractivity contribution in [3.05, 3.63) is 70.9 Å². The highest BCUT2D eigenvalue weighted by atomic mass is 16.6. The van der Waals surface area contributed by atoms with Crippen molar-refractivity contribution in [3.63, 3.8) is 0 Å². The Hall–Kier alpha value is -3.74. The van der Waals surface area contributed by atoms with E-state index in [4.69, 9.17) is 10.5 Å². The minimum absolute atomic E-state index is 0.0646. The lowest BCUT2D eigenvalue weighted by molar-refractivity contribution is -0.157. The van der Waals surface area contributed by atoms with Crippen molar-refractivity contribution < 1.29 is 23.9 Å². The minimum atomic E-state index is -1.05. The van der Waals surface area contributed by atoms with Crippen LogP contribution in [0.15, 0.2) is 48.5 Å². The molecular weight excluding hydrogens is 432 g/mol. The highest BCUT2D eigenvalue weighted by Crippen LogP contribution is 2.33. The maximum Gasteiger partial charge on any atom is 0.314 e. The second-order valence-electron chi connectivity index (χ2n) is 9.21.